The van der Waals surface area contributed by atoms with Gasteiger partial charge in [0.2, 0.25) is 0 Å². The van der Waals surface area contributed by atoms with Crippen molar-refractivity contribution in [2.45, 2.75) is 6.04 Å². The van der Waals surface area contributed by atoms with Gasteiger partial charge in [0.1, 0.15) is 5.75 Å². The van der Waals surface area contributed by atoms with Gasteiger partial charge in [-0.1, -0.05) is 6.07 Å². The maximum absolute atomic E-state index is 13.7. The molecule has 0 amide bonds. The number of benzene rings is 1. The van der Waals surface area contributed by atoms with Crippen LogP contribution in [0.2, 0.25) is 0 Å². The number of pyridine rings is 1. The molecule has 1 aromatic heterocycles. The molecule has 2 N–H and O–H groups in total. The molecular formula is C14H15FN2O2. The predicted octanol–water partition coefficient (Wildman–Crippen LogP) is 2.29. The van der Waals surface area contributed by atoms with Crippen molar-refractivity contribution in [2.75, 3.05) is 14.2 Å². The molecule has 0 aliphatic rings. The number of nitrogens with zero attached hydrogens (tertiary/aromatic N) is 1. The van der Waals surface area contributed by atoms with Crippen LogP contribution in [-0.4, -0.2) is 19.2 Å². The first-order valence-electron chi connectivity index (χ1n) is 5.73. The molecule has 4 nitrogen and oxygen atoms in total. The maximum atomic E-state index is 13.7. The van der Waals surface area contributed by atoms with Gasteiger partial charge in [-0.3, -0.25) is 4.98 Å². The lowest BCUT2D eigenvalue weighted by Crippen LogP contribution is -2.12. The minimum absolute atomic E-state index is 0.194. The fraction of sp³-hybridized carbons (Fsp3) is 0.214. The van der Waals surface area contributed by atoms with E-state index in [1.54, 1.807) is 37.7 Å². The van der Waals surface area contributed by atoms with Crippen LogP contribution in [0.4, 0.5) is 4.39 Å². The fourth-order valence-corrected chi connectivity index (χ4v) is 1.79. The van der Waals surface area contributed by atoms with Crippen molar-refractivity contribution in [3.05, 3.63) is 53.6 Å². The van der Waals surface area contributed by atoms with Gasteiger partial charge in [0, 0.05) is 6.20 Å². The van der Waals surface area contributed by atoms with Gasteiger partial charge < -0.3 is 15.2 Å². The Morgan fingerprint density at radius 3 is 2.53 bits per heavy atom. The topological polar surface area (TPSA) is 57.4 Å². The molecule has 2 aromatic rings. The number of hydrogen-bond acceptors (Lipinski definition) is 4. The Bertz CT molecular complexity index is 575. The summed E-state index contributed by atoms with van der Waals surface area (Å²) in [7, 11) is 2.98. The SMILES string of the molecule is COc1cncc(C(N)c2ccc(OC)c(F)c2)c1. The van der Waals surface area contributed by atoms with E-state index < -0.39 is 11.9 Å². The molecule has 1 atom stereocenters. The minimum atomic E-state index is -0.469. The van der Waals surface area contributed by atoms with E-state index in [2.05, 4.69) is 4.98 Å². The molecule has 19 heavy (non-hydrogen) atoms. The molecule has 0 saturated carbocycles. The van der Waals surface area contributed by atoms with Crippen molar-refractivity contribution < 1.29 is 13.9 Å². The van der Waals surface area contributed by atoms with Gasteiger partial charge >= 0.3 is 0 Å². The number of ether oxygens (including phenoxy) is 2. The summed E-state index contributed by atoms with van der Waals surface area (Å²) in [5.74, 6) is 0.368. The normalized spacial score (nSPS) is 12.0. The third-order valence-electron chi connectivity index (χ3n) is 2.86. The number of nitrogens with two attached hydrogens (primary N) is 1. The largest absolute Gasteiger partial charge is 0.495 e. The van der Waals surface area contributed by atoms with Crippen LogP contribution >= 0.6 is 0 Å². The van der Waals surface area contributed by atoms with Gasteiger partial charge in [0.15, 0.2) is 11.6 Å². The zero-order valence-electron chi connectivity index (χ0n) is 10.8. The molecule has 1 unspecified atom stereocenters. The molecule has 0 radical (unpaired) electrons. The van der Waals surface area contributed by atoms with Gasteiger partial charge in [0.25, 0.3) is 0 Å². The lowest BCUT2D eigenvalue weighted by atomic mass is 10.0. The van der Waals surface area contributed by atoms with Crippen molar-refractivity contribution in [2.24, 2.45) is 5.73 Å². The average Bonchev–Trinajstić information content (AvgIpc) is 2.46. The zero-order chi connectivity index (χ0) is 13.8. The molecule has 100 valence electrons. The lowest BCUT2D eigenvalue weighted by Gasteiger charge is -2.14. The second-order valence-corrected chi connectivity index (χ2v) is 4.03. The Morgan fingerprint density at radius 1 is 1.11 bits per heavy atom. The molecular weight excluding hydrogens is 247 g/mol. The van der Waals surface area contributed by atoms with Gasteiger partial charge in [-0.15, -0.1) is 0 Å². The van der Waals surface area contributed by atoms with Crippen LogP contribution in [0.15, 0.2) is 36.7 Å². The number of methoxy groups -OCH3 is 2. The Kier molecular flexibility index (Phi) is 3.97. The summed E-state index contributed by atoms with van der Waals surface area (Å²) in [4.78, 5) is 4.03. The first-order valence-corrected chi connectivity index (χ1v) is 5.73. The summed E-state index contributed by atoms with van der Waals surface area (Å²) in [6, 6.07) is 5.95. The highest BCUT2D eigenvalue weighted by molar-refractivity contribution is 5.37. The van der Waals surface area contributed by atoms with Gasteiger partial charge in [0.05, 0.1) is 26.5 Å². The van der Waals surface area contributed by atoms with Crippen molar-refractivity contribution in [1.82, 2.24) is 4.98 Å². The molecule has 5 heteroatoms. The highest BCUT2D eigenvalue weighted by Crippen LogP contribution is 2.25. The lowest BCUT2D eigenvalue weighted by molar-refractivity contribution is 0.386. The second-order valence-electron chi connectivity index (χ2n) is 4.03. The molecule has 0 bridgehead atoms. The van der Waals surface area contributed by atoms with Crippen molar-refractivity contribution in [1.29, 1.82) is 0 Å². The molecule has 1 aromatic carbocycles. The van der Waals surface area contributed by atoms with E-state index in [0.29, 0.717) is 11.3 Å². The zero-order valence-corrected chi connectivity index (χ0v) is 10.8. The molecule has 0 saturated heterocycles. The summed E-state index contributed by atoms with van der Waals surface area (Å²) in [6.07, 6.45) is 3.22. The van der Waals surface area contributed by atoms with E-state index >= 15 is 0 Å². The Balaban J connectivity index is 2.32. The van der Waals surface area contributed by atoms with Gasteiger partial charge in [-0.25, -0.2) is 4.39 Å². The molecule has 0 spiro atoms. The van der Waals surface area contributed by atoms with E-state index in [0.717, 1.165) is 5.56 Å². The number of rotatable bonds is 4. The van der Waals surface area contributed by atoms with Crippen LogP contribution in [0.3, 0.4) is 0 Å². The summed E-state index contributed by atoms with van der Waals surface area (Å²) in [5.41, 5.74) is 7.50. The smallest absolute Gasteiger partial charge is 0.165 e. The predicted molar refractivity (Wildman–Crippen MR) is 69.8 cm³/mol. The molecule has 0 aliphatic carbocycles. The van der Waals surface area contributed by atoms with E-state index in [4.69, 9.17) is 15.2 Å². The summed E-state index contributed by atoms with van der Waals surface area (Å²) < 4.78 is 23.6. The van der Waals surface area contributed by atoms with Crippen LogP contribution in [0.1, 0.15) is 17.2 Å². The third kappa shape index (κ3) is 2.82. The van der Waals surface area contributed by atoms with Crippen LogP contribution < -0.4 is 15.2 Å². The highest BCUT2D eigenvalue weighted by atomic mass is 19.1. The molecule has 2 rings (SSSR count). The van der Waals surface area contributed by atoms with Crippen molar-refractivity contribution in [3.63, 3.8) is 0 Å². The number of aromatic nitrogens is 1. The Hall–Kier alpha value is -2.14. The van der Waals surface area contributed by atoms with Crippen LogP contribution in [0, 0.1) is 5.82 Å². The van der Waals surface area contributed by atoms with E-state index in [-0.39, 0.29) is 5.75 Å². The number of hydrogen-bond donors (Lipinski definition) is 1. The highest BCUT2D eigenvalue weighted by Gasteiger charge is 2.13. The maximum Gasteiger partial charge on any atom is 0.165 e. The van der Waals surface area contributed by atoms with Crippen LogP contribution in [-0.2, 0) is 0 Å². The first-order chi connectivity index (χ1) is 9.15. The molecule has 0 aliphatic heterocycles. The van der Waals surface area contributed by atoms with Crippen LogP contribution in [0.25, 0.3) is 0 Å². The van der Waals surface area contributed by atoms with Gasteiger partial charge in [-0.05, 0) is 29.3 Å². The van der Waals surface area contributed by atoms with Gasteiger partial charge in [-0.2, -0.15) is 0 Å². The monoisotopic (exact) mass is 262 g/mol. The quantitative estimate of drug-likeness (QED) is 0.918. The Morgan fingerprint density at radius 2 is 1.89 bits per heavy atom. The molecule has 1 heterocycles. The second kappa shape index (κ2) is 5.67. The summed E-state index contributed by atoms with van der Waals surface area (Å²) >= 11 is 0. The van der Waals surface area contributed by atoms with Crippen molar-refractivity contribution >= 4 is 0 Å². The summed E-state index contributed by atoms with van der Waals surface area (Å²) in [5, 5.41) is 0. The first kappa shape index (κ1) is 13.3. The Labute approximate surface area is 111 Å². The van der Waals surface area contributed by atoms with E-state index in [1.807, 2.05) is 0 Å². The van der Waals surface area contributed by atoms with E-state index in [9.17, 15) is 4.39 Å². The average molecular weight is 262 g/mol. The summed E-state index contributed by atoms with van der Waals surface area (Å²) in [6.45, 7) is 0. The standard InChI is InChI=1S/C14H15FN2O2/c1-18-11-5-10(7-17-8-11)14(16)9-3-4-13(19-2)12(15)6-9/h3-8,14H,16H2,1-2H3. The van der Waals surface area contributed by atoms with Crippen molar-refractivity contribution in [3.8, 4) is 11.5 Å². The third-order valence-corrected chi connectivity index (χ3v) is 2.86. The van der Waals surface area contributed by atoms with Crippen LogP contribution in [0.5, 0.6) is 11.5 Å². The van der Waals surface area contributed by atoms with E-state index in [1.165, 1.54) is 13.2 Å². The fourth-order valence-electron chi connectivity index (χ4n) is 1.79. The minimum Gasteiger partial charge on any atom is -0.495 e. The number of halogens is 1. The molecule has 0 fully saturated rings.